The molecule has 1 aromatic heterocycles. The molecule has 8 heteroatoms. The number of rotatable bonds is 5. The Balaban J connectivity index is 1.49. The van der Waals surface area contributed by atoms with Gasteiger partial charge >= 0.3 is 0 Å². The number of nitrogens with one attached hydrogen (secondary N) is 1. The van der Waals surface area contributed by atoms with Crippen molar-refractivity contribution in [2.75, 3.05) is 19.5 Å². The molecule has 0 aliphatic carbocycles. The molecule has 4 rings (SSSR count). The van der Waals surface area contributed by atoms with Gasteiger partial charge in [0.2, 0.25) is 6.10 Å². The minimum Gasteiger partial charge on any atom is -0.493 e. The van der Waals surface area contributed by atoms with Crippen LogP contribution in [-0.2, 0) is 4.79 Å². The smallest absolute Gasteiger partial charge is 0.271 e. The minimum atomic E-state index is -0.765. The van der Waals surface area contributed by atoms with Crippen molar-refractivity contribution in [3.8, 4) is 34.3 Å². The Morgan fingerprint density at radius 1 is 1.07 bits per heavy atom. The monoisotopic (exact) mass is 412 g/mol. The van der Waals surface area contributed by atoms with Crippen LogP contribution in [0, 0.1) is 0 Å². The number of aromatic nitrogens is 1. The quantitative estimate of drug-likeness (QED) is 0.683. The molecule has 150 valence electrons. The van der Waals surface area contributed by atoms with Gasteiger partial charge in [0.1, 0.15) is 6.10 Å². The predicted octanol–water partition coefficient (Wildman–Crippen LogP) is 3.99. The molecule has 0 fully saturated rings. The number of hydrogen-bond acceptors (Lipinski definition) is 7. The van der Waals surface area contributed by atoms with Crippen molar-refractivity contribution in [3.63, 3.8) is 0 Å². The molecule has 1 aliphatic rings. The summed E-state index contributed by atoms with van der Waals surface area (Å²) in [5, 5.41) is 5.17. The van der Waals surface area contributed by atoms with Gasteiger partial charge in [0, 0.05) is 10.9 Å². The Labute approximate surface area is 172 Å². The number of methoxy groups -OCH3 is 2. The van der Waals surface area contributed by atoms with E-state index in [1.54, 1.807) is 27.2 Å². The van der Waals surface area contributed by atoms with Gasteiger partial charge in [-0.15, -0.1) is 11.3 Å². The number of amides is 1. The van der Waals surface area contributed by atoms with Gasteiger partial charge in [-0.1, -0.05) is 12.1 Å². The fourth-order valence-corrected chi connectivity index (χ4v) is 3.76. The first kappa shape index (κ1) is 19.1. The molecule has 0 bridgehead atoms. The first-order valence-corrected chi connectivity index (χ1v) is 9.88. The number of ether oxygens (including phenoxy) is 4. The van der Waals surface area contributed by atoms with Crippen LogP contribution in [0.1, 0.15) is 6.92 Å². The normalized spacial score (nSPS) is 17.5. The van der Waals surface area contributed by atoms with E-state index in [2.05, 4.69) is 10.3 Å². The van der Waals surface area contributed by atoms with Crippen molar-refractivity contribution >= 4 is 22.4 Å². The summed E-state index contributed by atoms with van der Waals surface area (Å²) in [7, 11) is 3.17. The maximum absolute atomic E-state index is 12.7. The standard InChI is InChI=1S/C21H20N2O5S/c1-12-19(28-17-7-5-4-6-16(17)27-12)20(24)23-21-22-14(11-29-21)13-8-9-15(25-2)18(10-13)26-3/h4-12,19H,1-3H3,(H,22,23,24). The van der Waals surface area contributed by atoms with Crippen LogP contribution in [0.3, 0.4) is 0 Å². The third-order valence-corrected chi connectivity index (χ3v) is 5.27. The Morgan fingerprint density at radius 2 is 1.79 bits per heavy atom. The lowest BCUT2D eigenvalue weighted by Crippen LogP contribution is -2.46. The Kier molecular flexibility index (Phi) is 5.26. The highest BCUT2D eigenvalue weighted by atomic mass is 32.1. The number of thiazole rings is 1. The molecule has 1 N–H and O–H groups in total. The zero-order valence-electron chi connectivity index (χ0n) is 16.2. The highest BCUT2D eigenvalue weighted by Gasteiger charge is 2.34. The molecule has 2 heterocycles. The van der Waals surface area contributed by atoms with E-state index in [0.29, 0.717) is 28.1 Å². The lowest BCUT2D eigenvalue weighted by atomic mass is 10.1. The van der Waals surface area contributed by atoms with E-state index in [1.165, 1.54) is 11.3 Å². The summed E-state index contributed by atoms with van der Waals surface area (Å²) >= 11 is 1.34. The average Bonchev–Trinajstić information content (AvgIpc) is 3.21. The number of para-hydroxylation sites is 2. The van der Waals surface area contributed by atoms with E-state index in [0.717, 1.165) is 11.3 Å². The first-order valence-electron chi connectivity index (χ1n) is 9.00. The summed E-state index contributed by atoms with van der Waals surface area (Å²) in [5.74, 6) is 2.14. The van der Waals surface area contributed by atoms with E-state index in [-0.39, 0.29) is 5.91 Å². The largest absolute Gasteiger partial charge is 0.493 e. The molecule has 7 nitrogen and oxygen atoms in total. The maximum Gasteiger partial charge on any atom is 0.271 e. The van der Waals surface area contributed by atoms with Crippen LogP contribution in [-0.4, -0.2) is 37.3 Å². The van der Waals surface area contributed by atoms with Crippen molar-refractivity contribution in [2.24, 2.45) is 0 Å². The first-order chi connectivity index (χ1) is 14.1. The summed E-state index contributed by atoms with van der Waals surface area (Å²) in [6, 6.07) is 12.8. The van der Waals surface area contributed by atoms with Crippen LogP contribution >= 0.6 is 11.3 Å². The summed E-state index contributed by atoms with van der Waals surface area (Å²) in [6.45, 7) is 1.80. The fourth-order valence-electron chi connectivity index (χ4n) is 3.04. The molecule has 2 unspecified atom stereocenters. The van der Waals surface area contributed by atoms with Gasteiger partial charge < -0.3 is 18.9 Å². The third-order valence-electron chi connectivity index (χ3n) is 4.51. The molecule has 0 spiro atoms. The Morgan fingerprint density at radius 3 is 2.52 bits per heavy atom. The Hall–Kier alpha value is -3.26. The van der Waals surface area contributed by atoms with Gasteiger partial charge in [-0.2, -0.15) is 0 Å². The van der Waals surface area contributed by atoms with Gasteiger partial charge in [0.05, 0.1) is 19.9 Å². The summed E-state index contributed by atoms with van der Waals surface area (Å²) in [4.78, 5) is 17.2. The second-order valence-corrected chi connectivity index (χ2v) is 7.26. The molecular weight excluding hydrogens is 392 g/mol. The lowest BCUT2D eigenvalue weighted by Gasteiger charge is -2.30. The topological polar surface area (TPSA) is 78.9 Å². The molecule has 1 amide bonds. The van der Waals surface area contributed by atoms with Gasteiger partial charge in [0.15, 0.2) is 28.1 Å². The van der Waals surface area contributed by atoms with Crippen LogP contribution in [0.2, 0.25) is 0 Å². The summed E-state index contributed by atoms with van der Waals surface area (Å²) < 4.78 is 22.2. The predicted molar refractivity (Wildman–Crippen MR) is 110 cm³/mol. The van der Waals surface area contributed by atoms with Gasteiger partial charge in [-0.05, 0) is 37.3 Å². The number of carbonyl (C=O) groups excluding carboxylic acids is 1. The molecule has 1 aliphatic heterocycles. The van der Waals surface area contributed by atoms with Crippen LogP contribution in [0.15, 0.2) is 47.8 Å². The lowest BCUT2D eigenvalue weighted by molar-refractivity contribution is -0.128. The van der Waals surface area contributed by atoms with Gasteiger partial charge in [-0.25, -0.2) is 4.98 Å². The van der Waals surface area contributed by atoms with Crippen molar-refractivity contribution in [1.29, 1.82) is 0 Å². The van der Waals surface area contributed by atoms with Crippen LogP contribution in [0.5, 0.6) is 23.0 Å². The SMILES string of the molecule is COc1ccc(-c2csc(NC(=O)C3Oc4ccccc4OC3C)n2)cc1OC. The van der Waals surface area contributed by atoms with Crippen molar-refractivity contribution < 1.29 is 23.7 Å². The van der Waals surface area contributed by atoms with Crippen LogP contribution in [0.25, 0.3) is 11.3 Å². The molecule has 2 atom stereocenters. The third kappa shape index (κ3) is 3.84. The van der Waals surface area contributed by atoms with Crippen molar-refractivity contribution in [3.05, 3.63) is 47.8 Å². The highest BCUT2D eigenvalue weighted by molar-refractivity contribution is 7.14. The summed E-state index contributed by atoms with van der Waals surface area (Å²) in [5.41, 5.74) is 1.59. The highest BCUT2D eigenvalue weighted by Crippen LogP contribution is 2.35. The molecule has 2 aromatic carbocycles. The summed E-state index contributed by atoms with van der Waals surface area (Å²) in [6.07, 6.45) is -1.19. The molecule has 29 heavy (non-hydrogen) atoms. The van der Waals surface area contributed by atoms with Crippen LogP contribution in [0.4, 0.5) is 5.13 Å². The van der Waals surface area contributed by atoms with Crippen molar-refractivity contribution in [2.45, 2.75) is 19.1 Å². The van der Waals surface area contributed by atoms with Gasteiger partial charge in [-0.3, -0.25) is 10.1 Å². The molecule has 3 aromatic rings. The number of benzene rings is 2. The van der Waals surface area contributed by atoms with Crippen molar-refractivity contribution in [1.82, 2.24) is 4.98 Å². The second kappa shape index (κ2) is 8.00. The number of carbonyl (C=O) groups is 1. The average molecular weight is 412 g/mol. The molecular formula is C21H20N2O5S. The maximum atomic E-state index is 12.7. The van der Waals surface area contributed by atoms with E-state index in [1.807, 2.05) is 41.8 Å². The molecule has 0 saturated heterocycles. The van der Waals surface area contributed by atoms with E-state index < -0.39 is 12.2 Å². The van der Waals surface area contributed by atoms with Crippen LogP contribution < -0.4 is 24.3 Å². The number of nitrogens with zero attached hydrogens (tertiary/aromatic N) is 1. The number of hydrogen-bond donors (Lipinski definition) is 1. The Bertz CT molecular complexity index is 1040. The zero-order valence-corrected chi connectivity index (χ0v) is 17.0. The zero-order chi connectivity index (χ0) is 20.4. The van der Waals surface area contributed by atoms with E-state index >= 15 is 0 Å². The van der Waals surface area contributed by atoms with Gasteiger partial charge in [0.25, 0.3) is 5.91 Å². The minimum absolute atomic E-state index is 0.305. The number of fused-ring (bicyclic) bond motifs is 1. The molecule has 0 radical (unpaired) electrons. The fraction of sp³-hybridized carbons (Fsp3) is 0.238. The second-order valence-electron chi connectivity index (χ2n) is 6.41. The molecule has 0 saturated carbocycles. The van der Waals surface area contributed by atoms with E-state index in [9.17, 15) is 4.79 Å². The number of anilines is 1. The van der Waals surface area contributed by atoms with E-state index in [4.69, 9.17) is 18.9 Å².